The van der Waals surface area contributed by atoms with Crippen LogP contribution in [-0.4, -0.2) is 27.3 Å². The molecule has 122 valence electrons. The molecule has 2 N–H and O–H groups in total. The number of aromatic carboxylic acids is 1. The molecular formula is C19H14N4O2. The zero-order chi connectivity index (χ0) is 17.2. The summed E-state index contributed by atoms with van der Waals surface area (Å²) in [6.07, 6.45) is 3.51. The number of carboxylic acids is 1. The Kier molecular flexibility index (Phi) is 3.70. The number of hydrogen-bond donors (Lipinski definition) is 2. The van der Waals surface area contributed by atoms with Gasteiger partial charge in [0.25, 0.3) is 0 Å². The maximum absolute atomic E-state index is 11.1. The Bertz CT molecular complexity index is 998. The number of aliphatic imine (C=N–C) groups is 1. The molecule has 3 aromatic rings. The summed E-state index contributed by atoms with van der Waals surface area (Å²) in [6, 6.07) is 14.4. The van der Waals surface area contributed by atoms with E-state index in [4.69, 9.17) is 5.11 Å². The maximum Gasteiger partial charge on any atom is 0.335 e. The number of carboxylic acid groups (broad SMARTS) is 1. The predicted octanol–water partition coefficient (Wildman–Crippen LogP) is 3.52. The van der Waals surface area contributed by atoms with Gasteiger partial charge in [-0.05, 0) is 41.5 Å². The van der Waals surface area contributed by atoms with E-state index in [1.807, 2.05) is 24.4 Å². The number of nitrogens with zero attached hydrogens (tertiary/aromatic N) is 3. The molecule has 6 nitrogen and oxygen atoms in total. The molecule has 0 atom stereocenters. The second-order valence-corrected chi connectivity index (χ2v) is 5.66. The average Bonchev–Trinajstić information content (AvgIpc) is 3.10. The smallest absolute Gasteiger partial charge is 0.335 e. The topological polar surface area (TPSA) is 87.5 Å². The lowest BCUT2D eigenvalue weighted by molar-refractivity contribution is 0.0697. The van der Waals surface area contributed by atoms with E-state index in [1.54, 1.807) is 36.5 Å². The highest BCUT2D eigenvalue weighted by Gasteiger charge is 2.09. The van der Waals surface area contributed by atoms with E-state index in [2.05, 4.69) is 20.3 Å². The third kappa shape index (κ3) is 3.10. The van der Waals surface area contributed by atoms with E-state index in [-0.39, 0.29) is 5.56 Å². The van der Waals surface area contributed by atoms with Gasteiger partial charge in [-0.25, -0.2) is 14.8 Å². The van der Waals surface area contributed by atoms with Gasteiger partial charge in [0.05, 0.1) is 12.1 Å². The van der Waals surface area contributed by atoms with Crippen molar-refractivity contribution in [1.82, 2.24) is 9.97 Å². The van der Waals surface area contributed by atoms with Crippen LogP contribution in [0.3, 0.4) is 0 Å². The van der Waals surface area contributed by atoms with E-state index >= 15 is 0 Å². The molecule has 1 aromatic heterocycles. The van der Waals surface area contributed by atoms with E-state index in [0.29, 0.717) is 17.2 Å². The number of aromatic nitrogens is 2. The van der Waals surface area contributed by atoms with E-state index in [9.17, 15) is 4.79 Å². The minimum atomic E-state index is -0.976. The molecule has 1 aliphatic heterocycles. The van der Waals surface area contributed by atoms with Crippen LogP contribution in [0.2, 0.25) is 0 Å². The normalized spacial score (nSPS) is 12.0. The third-order valence-corrected chi connectivity index (χ3v) is 3.93. The highest BCUT2D eigenvalue weighted by Crippen LogP contribution is 2.23. The molecule has 2 aromatic carbocycles. The molecule has 0 saturated heterocycles. The van der Waals surface area contributed by atoms with Gasteiger partial charge >= 0.3 is 5.97 Å². The van der Waals surface area contributed by atoms with Crippen LogP contribution in [0, 0.1) is 0 Å². The Balaban J connectivity index is 1.62. The van der Waals surface area contributed by atoms with Gasteiger partial charge in [-0.3, -0.25) is 4.99 Å². The van der Waals surface area contributed by atoms with Gasteiger partial charge in [0, 0.05) is 23.7 Å². The van der Waals surface area contributed by atoms with Crippen molar-refractivity contribution in [2.45, 2.75) is 6.54 Å². The van der Waals surface area contributed by atoms with Crippen LogP contribution in [0.25, 0.3) is 11.4 Å². The molecule has 0 saturated carbocycles. The van der Waals surface area contributed by atoms with Crippen molar-refractivity contribution in [3.8, 4) is 11.4 Å². The first-order valence-electron chi connectivity index (χ1n) is 7.75. The third-order valence-electron chi connectivity index (χ3n) is 3.93. The van der Waals surface area contributed by atoms with Gasteiger partial charge in [0.15, 0.2) is 5.82 Å². The lowest BCUT2D eigenvalue weighted by Crippen LogP contribution is -1.99. The van der Waals surface area contributed by atoms with Gasteiger partial charge < -0.3 is 10.4 Å². The van der Waals surface area contributed by atoms with Crippen molar-refractivity contribution >= 4 is 23.7 Å². The number of hydrogen-bond acceptors (Lipinski definition) is 5. The number of benzene rings is 2. The van der Waals surface area contributed by atoms with Crippen LogP contribution < -0.4 is 5.32 Å². The van der Waals surface area contributed by atoms with Crippen LogP contribution in [0.1, 0.15) is 21.5 Å². The fraction of sp³-hybridized carbons (Fsp3) is 0.0526. The van der Waals surface area contributed by atoms with E-state index in [0.717, 1.165) is 17.8 Å². The minimum Gasteiger partial charge on any atom is -0.478 e. The first-order valence-corrected chi connectivity index (χ1v) is 7.75. The van der Waals surface area contributed by atoms with Crippen LogP contribution in [-0.2, 0) is 6.54 Å². The first kappa shape index (κ1) is 15.0. The second kappa shape index (κ2) is 6.16. The molecule has 0 aliphatic carbocycles. The molecule has 0 amide bonds. The Morgan fingerprint density at radius 3 is 2.92 bits per heavy atom. The summed E-state index contributed by atoms with van der Waals surface area (Å²) in [7, 11) is 0. The summed E-state index contributed by atoms with van der Waals surface area (Å²) in [5, 5.41) is 12.4. The lowest BCUT2D eigenvalue weighted by atomic mass is 10.1. The monoisotopic (exact) mass is 330 g/mol. The Labute approximate surface area is 143 Å². The van der Waals surface area contributed by atoms with Crippen molar-refractivity contribution in [3.63, 3.8) is 0 Å². The van der Waals surface area contributed by atoms with Crippen molar-refractivity contribution in [1.29, 1.82) is 0 Å². The molecule has 25 heavy (non-hydrogen) atoms. The van der Waals surface area contributed by atoms with E-state index in [1.165, 1.54) is 5.56 Å². The summed E-state index contributed by atoms with van der Waals surface area (Å²) in [5.74, 6) is 0.132. The summed E-state index contributed by atoms with van der Waals surface area (Å²) in [4.78, 5) is 24.1. The quantitative estimate of drug-likeness (QED) is 0.764. The Morgan fingerprint density at radius 2 is 2.04 bits per heavy atom. The van der Waals surface area contributed by atoms with Crippen molar-refractivity contribution in [2.75, 3.05) is 5.32 Å². The van der Waals surface area contributed by atoms with Gasteiger partial charge in [-0.1, -0.05) is 18.2 Å². The molecule has 2 heterocycles. The number of nitrogens with one attached hydrogen (secondary N) is 1. The van der Waals surface area contributed by atoms with Gasteiger partial charge in [-0.15, -0.1) is 0 Å². The summed E-state index contributed by atoms with van der Waals surface area (Å²) >= 11 is 0. The molecule has 1 aliphatic rings. The predicted molar refractivity (Wildman–Crippen MR) is 95.5 cm³/mol. The molecule has 4 rings (SSSR count). The number of fused-ring (bicyclic) bond motifs is 1. The summed E-state index contributed by atoms with van der Waals surface area (Å²) < 4.78 is 0. The molecule has 0 radical (unpaired) electrons. The first-order chi connectivity index (χ1) is 12.2. The molecule has 6 heteroatoms. The highest BCUT2D eigenvalue weighted by atomic mass is 16.4. The van der Waals surface area contributed by atoms with Crippen molar-refractivity contribution in [2.24, 2.45) is 4.99 Å². The second-order valence-electron chi connectivity index (χ2n) is 5.66. The average molecular weight is 330 g/mol. The van der Waals surface area contributed by atoms with Crippen molar-refractivity contribution < 1.29 is 9.90 Å². The number of anilines is 2. The summed E-state index contributed by atoms with van der Waals surface area (Å²) in [6.45, 7) is 0.729. The van der Waals surface area contributed by atoms with Gasteiger partial charge in [0.2, 0.25) is 0 Å². The lowest BCUT2D eigenvalue weighted by Gasteiger charge is -2.08. The Hall–Kier alpha value is -3.54. The van der Waals surface area contributed by atoms with E-state index < -0.39 is 5.97 Å². The highest BCUT2D eigenvalue weighted by molar-refractivity contribution is 5.89. The number of carbonyl (C=O) groups is 1. The molecule has 0 bridgehead atoms. The van der Waals surface area contributed by atoms with Crippen molar-refractivity contribution in [3.05, 3.63) is 71.4 Å². The minimum absolute atomic E-state index is 0.206. The molecular weight excluding hydrogens is 316 g/mol. The maximum atomic E-state index is 11.1. The molecule has 0 spiro atoms. The van der Waals surface area contributed by atoms with Crippen LogP contribution in [0.15, 0.2) is 59.7 Å². The summed E-state index contributed by atoms with van der Waals surface area (Å²) in [5.41, 5.74) is 4.09. The van der Waals surface area contributed by atoms with Crippen LogP contribution in [0.4, 0.5) is 11.5 Å². The SMILES string of the molecule is O=C(O)c1cccc(-c2nccc(Nc3ccc4c(c3)C=NC4)n2)c1. The zero-order valence-corrected chi connectivity index (χ0v) is 13.2. The fourth-order valence-corrected chi connectivity index (χ4v) is 2.69. The fourth-order valence-electron chi connectivity index (χ4n) is 2.69. The molecule has 0 unspecified atom stereocenters. The van der Waals surface area contributed by atoms with Gasteiger partial charge in [0.1, 0.15) is 5.82 Å². The number of rotatable bonds is 4. The molecule has 0 fully saturated rings. The standard InChI is InChI=1S/C19H14N4O2/c24-19(25)13-3-1-2-12(8-13)18-21-7-6-17(23-18)22-16-5-4-14-10-20-11-15(14)9-16/h1-9,11H,10H2,(H,24,25)(H,21,22,23). The van der Waals surface area contributed by atoms with Gasteiger partial charge in [-0.2, -0.15) is 0 Å². The largest absolute Gasteiger partial charge is 0.478 e. The Morgan fingerprint density at radius 1 is 1.12 bits per heavy atom. The zero-order valence-electron chi connectivity index (χ0n) is 13.2. The van der Waals surface area contributed by atoms with Crippen LogP contribution >= 0.6 is 0 Å². The van der Waals surface area contributed by atoms with Crippen LogP contribution in [0.5, 0.6) is 0 Å².